The van der Waals surface area contributed by atoms with Crippen LogP contribution >= 0.6 is 0 Å². The van der Waals surface area contributed by atoms with Crippen molar-refractivity contribution in [3.63, 3.8) is 0 Å². The molecule has 0 bridgehead atoms. The molecule has 0 spiro atoms. The van der Waals surface area contributed by atoms with E-state index in [1.165, 1.54) is 250 Å². The molecule has 0 N–H and O–H groups in total. The minimum Gasteiger partial charge on any atom is -0.462 e. The maximum atomic E-state index is 13.0. The molecular weight excluding hydrogens is 1020 g/mol. The van der Waals surface area contributed by atoms with Gasteiger partial charge >= 0.3 is 17.9 Å². The summed E-state index contributed by atoms with van der Waals surface area (Å²) in [6.07, 6.45) is 93.8. The van der Waals surface area contributed by atoms with E-state index in [0.717, 1.165) is 89.9 Å². The molecule has 83 heavy (non-hydrogen) atoms. The van der Waals surface area contributed by atoms with Crippen molar-refractivity contribution in [1.82, 2.24) is 0 Å². The Bertz CT molecular complexity index is 1520. The largest absolute Gasteiger partial charge is 0.462 e. The topological polar surface area (TPSA) is 78.9 Å². The van der Waals surface area contributed by atoms with Crippen molar-refractivity contribution in [2.75, 3.05) is 13.2 Å². The summed E-state index contributed by atoms with van der Waals surface area (Å²) in [5.41, 5.74) is 0. The summed E-state index contributed by atoms with van der Waals surface area (Å²) in [6, 6.07) is 0. The molecule has 1 atom stereocenters. The fourth-order valence-electron chi connectivity index (χ4n) is 10.8. The number of hydrogen-bond acceptors (Lipinski definition) is 6. The van der Waals surface area contributed by atoms with Gasteiger partial charge in [0.15, 0.2) is 6.10 Å². The van der Waals surface area contributed by atoms with Crippen molar-refractivity contribution >= 4 is 17.9 Å². The van der Waals surface area contributed by atoms with E-state index in [1.54, 1.807) is 0 Å². The van der Waals surface area contributed by atoms with Gasteiger partial charge in [0.1, 0.15) is 13.2 Å². The highest BCUT2D eigenvalue weighted by molar-refractivity contribution is 5.71. The van der Waals surface area contributed by atoms with Crippen molar-refractivity contribution in [2.45, 2.75) is 386 Å². The number of carbonyl (C=O) groups excluding carboxylic acids is 3. The van der Waals surface area contributed by atoms with Crippen molar-refractivity contribution in [3.05, 3.63) is 72.9 Å². The van der Waals surface area contributed by atoms with Gasteiger partial charge in [-0.2, -0.15) is 0 Å². The molecule has 0 aliphatic carbocycles. The van der Waals surface area contributed by atoms with Gasteiger partial charge in [0.05, 0.1) is 0 Å². The van der Waals surface area contributed by atoms with Gasteiger partial charge in [-0.25, -0.2) is 0 Å². The minimum atomic E-state index is -0.793. The summed E-state index contributed by atoms with van der Waals surface area (Å²) >= 11 is 0. The first-order chi connectivity index (χ1) is 41.0. The number of esters is 3. The summed E-state index contributed by atoms with van der Waals surface area (Å²) in [5.74, 6) is -0.906. The summed E-state index contributed by atoms with van der Waals surface area (Å²) in [5, 5.41) is 0. The second kappa shape index (κ2) is 71.3. The average molecular weight is 1160 g/mol. The lowest BCUT2D eigenvalue weighted by molar-refractivity contribution is -0.167. The summed E-state index contributed by atoms with van der Waals surface area (Å²) in [7, 11) is 0. The van der Waals surface area contributed by atoms with E-state index in [2.05, 4.69) is 93.7 Å². The van der Waals surface area contributed by atoms with Gasteiger partial charge in [0.2, 0.25) is 0 Å². The highest BCUT2D eigenvalue weighted by Gasteiger charge is 2.19. The van der Waals surface area contributed by atoms with E-state index >= 15 is 0 Å². The first kappa shape index (κ1) is 79.8. The number of allylic oxidation sites excluding steroid dienone is 12. The quantitative estimate of drug-likeness (QED) is 0.0261. The molecule has 6 heteroatoms. The highest BCUT2D eigenvalue weighted by atomic mass is 16.6. The Hall–Kier alpha value is -3.15. The maximum Gasteiger partial charge on any atom is 0.306 e. The van der Waals surface area contributed by atoms with Crippen molar-refractivity contribution < 1.29 is 28.6 Å². The summed E-state index contributed by atoms with van der Waals surface area (Å²) in [6.45, 7) is 6.54. The molecule has 0 aromatic carbocycles. The Morgan fingerprint density at radius 2 is 0.470 bits per heavy atom. The predicted molar refractivity (Wildman–Crippen MR) is 362 cm³/mol. The summed E-state index contributed by atoms with van der Waals surface area (Å²) in [4.78, 5) is 38.5. The van der Waals surface area contributed by atoms with Crippen molar-refractivity contribution in [1.29, 1.82) is 0 Å². The van der Waals surface area contributed by atoms with Crippen LogP contribution in [-0.4, -0.2) is 37.2 Å². The van der Waals surface area contributed by atoms with Gasteiger partial charge in [0, 0.05) is 19.3 Å². The number of hydrogen-bond donors (Lipinski definition) is 0. The third-order valence-electron chi connectivity index (χ3n) is 16.2. The van der Waals surface area contributed by atoms with Crippen molar-refractivity contribution in [3.8, 4) is 0 Å². The Morgan fingerprint density at radius 1 is 0.253 bits per heavy atom. The molecule has 482 valence electrons. The molecule has 6 nitrogen and oxygen atoms in total. The second-order valence-corrected chi connectivity index (χ2v) is 24.5. The van der Waals surface area contributed by atoms with Crippen molar-refractivity contribution in [2.24, 2.45) is 0 Å². The molecule has 0 heterocycles. The first-order valence-corrected chi connectivity index (χ1v) is 36.4. The van der Waals surface area contributed by atoms with Gasteiger partial charge in [-0.1, -0.05) is 344 Å². The van der Waals surface area contributed by atoms with Crippen LogP contribution in [-0.2, 0) is 28.6 Å². The Balaban J connectivity index is 4.29. The van der Waals surface area contributed by atoms with E-state index < -0.39 is 6.10 Å². The highest BCUT2D eigenvalue weighted by Crippen LogP contribution is 2.18. The molecule has 0 saturated carbocycles. The maximum absolute atomic E-state index is 13.0. The zero-order valence-electron chi connectivity index (χ0n) is 55.5. The van der Waals surface area contributed by atoms with Crippen LogP contribution in [0.1, 0.15) is 380 Å². The zero-order valence-corrected chi connectivity index (χ0v) is 55.5. The van der Waals surface area contributed by atoms with E-state index in [4.69, 9.17) is 14.2 Å². The fourth-order valence-corrected chi connectivity index (χ4v) is 10.8. The Morgan fingerprint density at radius 3 is 0.759 bits per heavy atom. The lowest BCUT2D eigenvalue weighted by Gasteiger charge is -2.18. The van der Waals surface area contributed by atoms with Gasteiger partial charge in [-0.15, -0.1) is 0 Å². The molecule has 0 amide bonds. The van der Waals surface area contributed by atoms with Crippen LogP contribution < -0.4 is 0 Å². The molecule has 0 rings (SSSR count). The van der Waals surface area contributed by atoms with Gasteiger partial charge in [0.25, 0.3) is 0 Å². The van der Waals surface area contributed by atoms with Crippen LogP contribution in [0.25, 0.3) is 0 Å². The normalized spacial score (nSPS) is 12.5. The zero-order chi connectivity index (χ0) is 59.9. The van der Waals surface area contributed by atoms with Crippen LogP contribution in [0.5, 0.6) is 0 Å². The second-order valence-electron chi connectivity index (χ2n) is 24.5. The Kier molecular flexibility index (Phi) is 68.6. The summed E-state index contributed by atoms with van der Waals surface area (Å²) < 4.78 is 17.0. The van der Waals surface area contributed by atoms with Gasteiger partial charge in [-0.3, -0.25) is 14.4 Å². The molecule has 0 aliphatic rings. The first-order valence-electron chi connectivity index (χ1n) is 36.4. The van der Waals surface area contributed by atoms with E-state index in [0.29, 0.717) is 19.3 Å². The monoisotopic (exact) mass is 1160 g/mol. The minimum absolute atomic E-state index is 0.0854. The lowest BCUT2D eigenvalue weighted by atomic mass is 10.0. The average Bonchev–Trinajstić information content (AvgIpc) is 3.49. The van der Waals surface area contributed by atoms with Crippen LogP contribution in [0.4, 0.5) is 0 Å². The van der Waals surface area contributed by atoms with E-state index in [9.17, 15) is 14.4 Å². The third kappa shape index (κ3) is 69.5. The Labute approximate surface area is 516 Å². The van der Waals surface area contributed by atoms with Crippen LogP contribution in [0, 0.1) is 0 Å². The van der Waals surface area contributed by atoms with Crippen LogP contribution in [0.3, 0.4) is 0 Å². The smallest absolute Gasteiger partial charge is 0.306 e. The number of ether oxygens (including phenoxy) is 3. The number of rotatable bonds is 67. The van der Waals surface area contributed by atoms with E-state index in [1.807, 2.05) is 0 Å². The van der Waals surface area contributed by atoms with Crippen LogP contribution in [0.2, 0.25) is 0 Å². The number of carbonyl (C=O) groups is 3. The molecule has 0 aromatic heterocycles. The van der Waals surface area contributed by atoms with Crippen LogP contribution in [0.15, 0.2) is 72.9 Å². The standard InChI is InChI=1S/C77H138O6/c1-4-7-10-13-16-19-22-25-28-30-32-34-36-38-40-42-44-46-49-52-55-58-61-64-67-70-76(79)82-73-74(72-81-75(78)69-66-63-60-57-54-51-48-27-24-21-18-15-12-9-6-3)83-77(80)71-68-65-62-59-56-53-50-47-45-43-41-39-37-35-33-31-29-26-23-20-17-14-11-8-5-2/h9,12,18,21-22,25,27,30,32,48,54,57,74H,4-8,10-11,13-17,19-20,23-24,26,28-29,31,33-47,49-53,55-56,58-73H2,1-3H3/b12-9-,21-18-,25-22-,32-30-,48-27-,57-54-. The SMILES string of the molecule is CC/C=C\C/C=C\C/C=C\C/C=C\CCCCC(=O)OCC(COC(=O)CCCCCCCCCCCCCCC/C=C\C/C=C\CCCCCCC)OC(=O)CCCCCCCCCCCCCCCCCCCCCCCCCCC. The van der Waals surface area contributed by atoms with Gasteiger partial charge < -0.3 is 14.2 Å². The molecular formula is C77H138O6. The molecule has 0 saturated heterocycles. The van der Waals surface area contributed by atoms with E-state index in [-0.39, 0.29) is 31.1 Å². The fraction of sp³-hybridized carbons (Fsp3) is 0.805. The van der Waals surface area contributed by atoms with Gasteiger partial charge in [-0.05, 0) is 89.9 Å². The third-order valence-corrected chi connectivity index (χ3v) is 16.2. The molecule has 0 fully saturated rings. The molecule has 0 radical (unpaired) electrons. The predicted octanol–water partition coefficient (Wildman–Crippen LogP) is 25.2. The number of unbranched alkanes of at least 4 members (excludes halogenated alkanes) is 44. The lowest BCUT2D eigenvalue weighted by Crippen LogP contribution is -2.30. The molecule has 0 aliphatic heterocycles. The molecule has 1 unspecified atom stereocenters. The molecule has 0 aromatic rings.